The fraction of sp³-hybridized carbons (Fsp3) is 0.310. The summed E-state index contributed by atoms with van der Waals surface area (Å²) in [4.78, 5) is 0. The monoisotopic (exact) mass is 397 g/mol. The summed E-state index contributed by atoms with van der Waals surface area (Å²) >= 11 is 0. The molecule has 0 spiro atoms. The van der Waals surface area contributed by atoms with Crippen molar-refractivity contribution < 1.29 is 0 Å². The van der Waals surface area contributed by atoms with E-state index < -0.39 is 0 Å². The number of benzene rings is 3. The first-order valence-corrected chi connectivity index (χ1v) is 11.3. The van der Waals surface area contributed by atoms with E-state index in [2.05, 4.69) is 85.5 Å². The van der Waals surface area contributed by atoms with Crippen LogP contribution < -0.4 is 5.32 Å². The number of allylic oxidation sites excluding steroid dienone is 2. The minimum absolute atomic E-state index is 0.818. The topological polar surface area (TPSA) is 12.0 Å². The van der Waals surface area contributed by atoms with Crippen LogP contribution in [0.15, 0.2) is 91.3 Å². The van der Waals surface area contributed by atoms with Crippen LogP contribution in [0.5, 0.6) is 0 Å². The number of nitrogens with one attached hydrogen (secondary N) is 1. The fourth-order valence-corrected chi connectivity index (χ4v) is 4.34. The lowest BCUT2D eigenvalue weighted by atomic mass is 9.92. The first-order chi connectivity index (χ1) is 14.7. The molecule has 0 unspecified atom stereocenters. The molecule has 3 aromatic carbocycles. The summed E-state index contributed by atoms with van der Waals surface area (Å²) in [5.41, 5.74) is 5.87. The van der Waals surface area contributed by atoms with Gasteiger partial charge >= 0.3 is 0 Å². The molecular formula is C29H35N. The highest BCUT2D eigenvalue weighted by Gasteiger charge is 2.17. The van der Waals surface area contributed by atoms with Crippen molar-refractivity contribution in [3.05, 3.63) is 108 Å². The van der Waals surface area contributed by atoms with Crippen LogP contribution >= 0.6 is 0 Å². The third kappa shape index (κ3) is 6.10. The van der Waals surface area contributed by atoms with E-state index in [-0.39, 0.29) is 0 Å². The smallest absolute Gasteiger partial charge is 0.00999 e. The van der Waals surface area contributed by atoms with Gasteiger partial charge in [0.1, 0.15) is 0 Å². The molecule has 1 aliphatic rings. The van der Waals surface area contributed by atoms with Crippen LogP contribution in [-0.4, -0.2) is 0 Å². The molecule has 0 bridgehead atoms. The van der Waals surface area contributed by atoms with E-state index in [0.717, 1.165) is 12.3 Å². The summed E-state index contributed by atoms with van der Waals surface area (Å²) in [5.74, 6) is 0.818. The second-order valence-corrected chi connectivity index (χ2v) is 8.12. The molecule has 0 saturated carbocycles. The minimum Gasteiger partial charge on any atom is -0.366 e. The molecule has 0 amide bonds. The van der Waals surface area contributed by atoms with Crippen molar-refractivity contribution in [1.82, 2.24) is 5.32 Å². The second-order valence-electron chi connectivity index (χ2n) is 8.12. The zero-order valence-electron chi connectivity index (χ0n) is 18.5. The number of rotatable bonds is 5. The van der Waals surface area contributed by atoms with Crippen LogP contribution in [0.2, 0.25) is 0 Å². The van der Waals surface area contributed by atoms with Gasteiger partial charge < -0.3 is 5.32 Å². The predicted molar refractivity (Wildman–Crippen MR) is 132 cm³/mol. The molecule has 1 nitrogen and oxygen atoms in total. The van der Waals surface area contributed by atoms with Crippen LogP contribution in [0.1, 0.15) is 49.8 Å². The van der Waals surface area contributed by atoms with E-state index in [1.807, 2.05) is 13.0 Å². The SMILES string of the molecule is C=CN/C(=C\C)CC.c1ccc(CC2CCc3cc4ccccc4cc3CC2)cc1. The Hall–Kier alpha value is -2.80. The van der Waals surface area contributed by atoms with E-state index in [1.54, 1.807) is 17.3 Å². The summed E-state index contributed by atoms with van der Waals surface area (Å²) in [5, 5.41) is 5.79. The molecule has 0 aromatic heterocycles. The molecule has 1 heteroatoms. The Kier molecular flexibility index (Phi) is 8.32. The van der Waals surface area contributed by atoms with Crippen LogP contribution in [0, 0.1) is 5.92 Å². The summed E-state index contributed by atoms with van der Waals surface area (Å²) in [6.07, 6.45) is 11.1. The second kappa shape index (κ2) is 11.4. The molecule has 3 aromatic rings. The van der Waals surface area contributed by atoms with Gasteiger partial charge in [-0.3, -0.25) is 0 Å². The lowest BCUT2D eigenvalue weighted by Gasteiger charge is -2.13. The first-order valence-electron chi connectivity index (χ1n) is 11.3. The summed E-state index contributed by atoms with van der Waals surface area (Å²) in [6.45, 7) is 7.66. The largest absolute Gasteiger partial charge is 0.366 e. The summed E-state index contributed by atoms with van der Waals surface area (Å²) in [7, 11) is 0. The number of hydrogen-bond donors (Lipinski definition) is 1. The van der Waals surface area contributed by atoms with E-state index in [9.17, 15) is 0 Å². The van der Waals surface area contributed by atoms with Crippen LogP contribution in [0.4, 0.5) is 0 Å². The van der Waals surface area contributed by atoms with Crippen LogP contribution in [-0.2, 0) is 19.3 Å². The van der Waals surface area contributed by atoms with Crippen LogP contribution in [0.3, 0.4) is 0 Å². The predicted octanol–water partition coefficient (Wildman–Crippen LogP) is 7.61. The first kappa shape index (κ1) is 21.9. The van der Waals surface area contributed by atoms with E-state index in [4.69, 9.17) is 0 Å². The number of aryl methyl sites for hydroxylation is 2. The zero-order valence-corrected chi connectivity index (χ0v) is 18.5. The van der Waals surface area contributed by atoms with Gasteiger partial charge in [-0.25, -0.2) is 0 Å². The summed E-state index contributed by atoms with van der Waals surface area (Å²) < 4.78 is 0. The van der Waals surface area contributed by atoms with Gasteiger partial charge in [0.2, 0.25) is 0 Å². The van der Waals surface area contributed by atoms with Gasteiger partial charge in [0.25, 0.3) is 0 Å². The van der Waals surface area contributed by atoms with Crippen molar-refractivity contribution >= 4 is 10.8 Å². The van der Waals surface area contributed by atoms with Crippen molar-refractivity contribution in [1.29, 1.82) is 0 Å². The molecule has 0 heterocycles. The number of fused-ring (bicyclic) bond motifs is 2. The Labute approximate surface area is 182 Å². The third-order valence-corrected chi connectivity index (χ3v) is 6.10. The molecule has 30 heavy (non-hydrogen) atoms. The molecule has 0 saturated heterocycles. The Bertz CT molecular complexity index is 922. The fourth-order valence-electron chi connectivity index (χ4n) is 4.34. The standard InChI is InChI=1S/C22H22.C7H13N/c1-2-6-17(7-3-1)14-18-10-12-21-15-19-8-4-5-9-20(19)16-22(21)13-11-18;1-4-7(5-2)8-6-3/h1-9,15-16,18H,10-14H2;4,6,8H,3,5H2,1-2H3/b;7-4-. The normalized spacial score (nSPS) is 14.3. The highest BCUT2D eigenvalue weighted by molar-refractivity contribution is 5.84. The van der Waals surface area contributed by atoms with E-state index in [1.165, 1.54) is 54.1 Å². The van der Waals surface area contributed by atoms with Gasteiger partial charge in [-0.05, 0) is 85.0 Å². The Balaban J connectivity index is 0.000000275. The molecule has 0 atom stereocenters. The van der Waals surface area contributed by atoms with Gasteiger partial charge in [-0.2, -0.15) is 0 Å². The maximum absolute atomic E-state index is 3.54. The van der Waals surface area contributed by atoms with Gasteiger partial charge in [0.05, 0.1) is 0 Å². The molecule has 0 aliphatic heterocycles. The highest BCUT2D eigenvalue weighted by Crippen LogP contribution is 2.30. The molecule has 0 radical (unpaired) electrons. The molecule has 0 fully saturated rings. The van der Waals surface area contributed by atoms with Crippen LogP contribution in [0.25, 0.3) is 10.8 Å². The average Bonchev–Trinajstić information content (AvgIpc) is 2.99. The Morgan fingerprint density at radius 1 is 0.933 bits per heavy atom. The Morgan fingerprint density at radius 3 is 1.97 bits per heavy atom. The lowest BCUT2D eigenvalue weighted by Crippen LogP contribution is -2.04. The van der Waals surface area contributed by atoms with E-state index >= 15 is 0 Å². The van der Waals surface area contributed by atoms with Gasteiger partial charge in [-0.1, -0.05) is 86.3 Å². The zero-order chi connectivity index (χ0) is 21.2. The number of hydrogen-bond acceptors (Lipinski definition) is 1. The average molecular weight is 398 g/mol. The molecule has 1 aliphatic carbocycles. The van der Waals surface area contributed by atoms with E-state index in [0.29, 0.717) is 0 Å². The van der Waals surface area contributed by atoms with Gasteiger partial charge in [0, 0.05) is 5.70 Å². The maximum Gasteiger partial charge on any atom is 0.00999 e. The van der Waals surface area contributed by atoms with Crippen molar-refractivity contribution in [2.24, 2.45) is 5.92 Å². The van der Waals surface area contributed by atoms with Crippen molar-refractivity contribution in [3.8, 4) is 0 Å². The molecular weight excluding hydrogens is 362 g/mol. The maximum atomic E-state index is 3.54. The van der Waals surface area contributed by atoms with Crippen molar-refractivity contribution in [3.63, 3.8) is 0 Å². The third-order valence-electron chi connectivity index (χ3n) is 6.10. The molecule has 156 valence electrons. The van der Waals surface area contributed by atoms with Gasteiger partial charge in [-0.15, -0.1) is 0 Å². The van der Waals surface area contributed by atoms with Crippen molar-refractivity contribution in [2.45, 2.75) is 52.4 Å². The van der Waals surface area contributed by atoms with Crippen molar-refractivity contribution in [2.75, 3.05) is 0 Å². The highest BCUT2D eigenvalue weighted by atomic mass is 14.8. The quantitative estimate of drug-likeness (QED) is 0.437. The lowest BCUT2D eigenvalue weighted by molar-refractivity contribution is 0.462. The van der Waals surface area contributed by atoms with Gasteiger partial charge in [0.15, 0.2) is 0 Å². The molecule has 1 N–H and O–H groups in total. The summed E-state index contributed by atoms with van der Waals surface area (Å²) in [6, 6.07) is 24.6. The minimum atomic E-state index is 0.818. The Morgan fingerprint density at radius 2 is 1.50 bits per heavy atom. The molecule has 4 rings (SSSR count).